The first-order valence-electron chi connectivity index (χ1n) is 6.55. The summed E-state index contributed by atoms with van der Waals surface area (Å²) < 4.78 is 0. The van der Waals surface area contributed by atoms with Crippen molar-refractivity contribution < 1.29 is 9.59 Å². The number of Topliss-reactive ketones (excluding diaryl/α,β-unsaturated/α-hetero) is 1. The van der Waals surface area contributed by atoms with Crippen molar-refractivity contribution in [1.29, 1.82) is 0 Å². The summed E-state index contributed by atoms with van der Waals surface area (Å²) in [5.74, 6) is -0.110. The third kappa shape index (κ3) is 3.86. The molecule has 1 amide bonds. The van der Waals surface area contributed by atoms with Gasteiger partial charge in [-0.25, -0.2) is 4.99 Å². The number of hydrogen-bond donors (Lipinski definition) is 0. The molecule has 0 aliphatic heterocycles. The lowest BCUT2D eigenvalue weighted by Gasteiger charge is -2.10. The molecule has 4 heteroatoms. The van der Waals surface area contributed by atoms with Crippen LogP contribution in [-0.4, -0.2) is 30.0 Å². The highest BCUT2D eigenvalue weighted by Gasteiger charge is 2.08. The highest BCUT2D eigenvalue weighted by molar-refractivity contribution is 6.00. The Kier molecular flexibility index (Phi) is 4.61. The second kappa shape index (κ2) is 6.61. The average Bonchev–Trinajstić information content (AvgIpc) is 2.53. The van der Waals surface area contributed by atoms with E-state index >= 15 is 0 Å². The van der Waals surface area contributed by atoms with Crippen LogP contribution in [0.25, 0.3) is 0 Å². The van der Waals surface area contributed by atoms with E-state index in [0.717, 1.165) is 0 Å². The molecule has 0 heterocycles. The van der Waals surface area contributed by atoms with Crippen molar-refractivity contribution in [3.63, 3.8) is 0 Å². The van der Waals surface area contributed by atoms with Crippen molar-refractivity contribution >= 4 is 23.7 Å². The van der Waals surface area contributed by atoms with Crippen LogP contribution in [0.2, 0.25) is 0 Å². The summed E-state index contributed by atoms with van der Waals surface area (Å²) in [6.07, 6.45) is 1.47. The standard InChI is InChI=1S/C17H16N2O2/c1-13(20)14-8-10-16(11-9-14)18-12-19(2)17(21)15-6-4-3-5-7-15/h3-12H,1-2H3. The smallest absolute Gasteiger partial charge is 0.258 e. The normalized spacial score (nSPS) is 10.6. The average molecular weight is 280 g/mol. The summed E-state index contributed by atoms with van der Waals surface area (Å²) in [6, 6.07) is 15.9. The Bertz CT molecular complexity index is 661. The summed E-state index contributed by atoms with van der Waals surface area (Å²) in [5, 5.41) is 0. The lowest BCUT2D eigenvalue weighted by Crippen LogP contribution is -2.24. The first-order valence-corrected chi connectivity index (χ1v) is 6.55. The fourth-order valence-electron chi connectivity index (χ4n) is 1.77. The minimum atomic E-state index is -0.125. The van der Waals surface area contributed by atoms with Crippen LogP contribution in [0.3, 0.4) is 0 Å². The van der Waals surface area contributed by atoms with E-state index in [-0.39, 0.29) is 11.7 Å². The summed E-state index contributed by atoms with van der Waals surface area (Å²) >= 11 is 0. The van der Waals surface area contributed by atoms with Gasteiger partial charge >= 0.3 is 0 Å². The van der Waals surface area contributed by atoms with Crippen LogP contribution < -0.4 is 0 Å². The first-order chi connectivity index (χ1) is 10.1. The first kappa shape index (κ1) is 14.7. The number of ketones is 1. The zero-order chi connectivity index (χ0) is 15.2. The number of hydrogen-bond acceptors (Lipinski definition) is 3. The maximum Gasteiger partial charge on any atom is 0.258 e. The number of carbonyl (C=O) groups excluding carboxylic acids is 2. The van der Waals surface area contributed by atoms with E-state index in [1.807, 2.05) is 18.2 Å². The van der Waals surface area contributed by atoms with Gasteiger partial charge in [-0.15, -0.1) is 0 Å². The molecule has 0 aliphatic rings. The van der Waals surface area contributed by atoms with Gasteiger partial charge in [0.05, 0.1) is 12.0 Å². The molecule has 106 valence electrons. The molecule has 0 saturated heterocycles. The summed E-state index contributed by atoms with van der Waals surface area (Å²) in [6.45, 7) is 1.52. The van der Waals surface area contributed by atoms with E-state index in [0.29, 0.717) is 16.8 Å². The van der Waals surface area contributed by atoms with Gasteiger partial charge in [0.25, 0.3) is 5.91 Å². The molecule has 0 aliphatic carbocycles. The Hall–Kier alpha value is -2.75. The molecule has 21 heavy (non-hydrogen) atoms. The van der Waals surface area contributed by atoms with Gasteiger partial charge < -0.3 is 4.90 Å². The molecule has 0 fully saturated rings. The molecule has 4 nitrogen and oxygen atoms in total. The number of benzene rings is 2. The van der Waals surface area contributed by atoms with Gasteiger partial charge in [0.1, 0.15) is 0 Å². The van der Waals surface area contributed by atoms with Gasteiger partial charge in [0, 0.05) is 18.2 Å². The van der Waals surface area contributed by atoms with E-state index in [2.05, 4.69) is 4.99 Å². The monoisotopic (exact) mass is 280 g/mol. The summed E-state index contributed by atoms with van der Waals surface area (Å²) in [4.78, 5) is 28.9. The molecule has 2 aromatic carbocycles. The minimum absolute atomic E-state index is 0.0157. The summed E-state index contributed by atoms with van der Waals surface area (Å²) in [7, 11) is 1.66. The number of carbonyl (C=O) groups is 2. The minimum Gasteiger partial charge on any atom is -0.302 e. The number of nitrogens with zero attached hydrogens (tertiary/aromatic N) is 2. The second-order valence-electron chi connectivity index (χ2n) is 4.63. The van der Waals surface area contributed by atoms with Crippen LogP contribution in [0, 0.1) is 0 Å². The third-order valence-electron chi connectivity index (χ3n) is 2.99. The Morgan fingerprint density at radius 1 is 0.952 bits per heavy atom. The Morgan fingerprint density at radius 2 is 1.57 bits per heavy atom. The molecule has 0 bridgehead atoms. The lowest BCUT2D eigenvalue weighted by atomic mass is 10.1. The molecular weight excluding hydrogens is 264 g/mol. The van der Waals surface area contributed by atoms with Crippen molar-refractivity contribution in [2.45, 2.75) is 6.92 Å². The molecule has 0 N–H and O–H groups in total. The number of amides is 1. The fourth-order valence-corrected chi connectivity index (χ4v) is 1.77. The molecule has 0 spiro atoms. The van der Waals surface area contributed by atoms with E-state index < -0.39 is 0 Å². The van der Waals surface area contributed by atoms with Gasteiger partial charge in [-0.2, -0.15) is 0 Å². The van der Waals surface area contributed by atoms with Crippen molar-refractivity contribution in [3.8, 4) is 0 Å². The van der Waals surface area contributed by atoms with Crippen molar-refractivity contribution in [1.82, 2.24) is 4.90 Å². The topological polar surface area (TPSA) is 49.7 Å². The molecule has 2 rings (SSSR count). The van der Waals surface area contributed by atoms with Crippen LogP contribution in [0.4, 0.5) is 5.69 Å². The number of rotatable bonds is 4. The zero-order valence-corrected chi connectivity index (χ0v) is 12.0. The van der Waals surface area contributed by atoms with Gasteiger partial charge in [0.15, 0.2) is 5.78 Å². The van der Waals surface area contributed by atoms with E-state index in [4.69, 9.17) is 0 Å². The Balaban J connectivity index is 2.06. The second-order valence-corrected chi connectivity index (χ2v) is 4.63. The van der Waals surface area contributed by atoms with E-state index in [9.17, 15) is 9.59 Å². The molecule has 0 aromatic heterocycles. The third-order valence-corrected chi connectivity index (χ3v) is 2.99. The predicted octanol–water partition coefficient (Wildman–Crippen LogP) is 3.32. The lowest BCUT2D eigenvalue weighted by molar-refractivity contribution is 0.0875. The van der Waals surface area contributed by atoms with Crippen LogP contribution >= 0.6 is 0 Å². The van der Waals surface area contributed by atoms with Gasteiger partial charge in [-0.3, -0.25) is 9.59 Å². The quantitative estimate of drug-likeness (QED) is 0.490. The highest BCUT2D eigenvalue weighted by Crippen LogP contribution is 2.13. The van der Waals surface area contributed by atoms with Gasteiger partial charge in [0.2, 0.25) is 0 Å². The highest BCUT2D eigenvalue weighted by atomic mass is 16.2. The van der Waals surface area contributed by atoms with E-state index in [1.54, 1.807) is 43.4 Å². The molecule has 0 atom stereocenters. The molecule has 0 unspecified atom stereocenters. The molecule has 0 saturated carbocycles. The SMILES string of the molecule is CC(=O)c1ccc(N=CN(C)C(=O)c2ccccc2)cc1. The largest absolute Gasteiger partial charge is 0.302 e. The maximum absolute atomic E-state index is 12.1. The molecule has 2 aromatic rings. The zero-order valence-electron chi connectivity index (χ0n) is 12.0. The van der Waals surface area contributed by atoms with Crippen LogP contribution in [0.15, 0.2) is 59.6 Å². The predicted molar refractivity (Wildman–Crippen MR) is 83.1 cm³/mol. The number of aliphatic imine (C=N–C) groups is 1. The van der Waals surface area contributed by atoms with Crippen molar-refractivity contribution in [3.05, 3.63) is 65.7 Å². The Labute approximate surface area is 123 Å². The van der Waals surface area contributed by atoms with Crippen molar-refractivity contribution in [2.75, 3.05) is 7.05 Å². The van der Waals surface area contributed by atoms with Crippen LogP contribution in [-0.2, 0) is 0 Å². The summed E-state index contributed by atoms with van der Waals surface area (Å²) in [5.41, 5.74) is 1.94. The van der Waals surface area contributed by atoms with Crippen LogP contribution in [0.5, 0.6) is 0 Å². The molecule has 0 radical (unpaired) electrons. The van der Waals surface area contributed by atoms with Gasteiger partial charge in [-0.05, 0) is 43.3 Å². The van der Waals surface area contributed by atoms with E-state index in [1.165, 1.54) is 18.2 Å². The maximum atomic E-state index is 12.1. The Morgan fingerprint density at radius 3 is 2.14 bits per heavy atom. The fraction of sp³-hybridized carbons (Fsp3) is 0.118. The van der Waals surface area contributed by atoms with Gasteiger partial charge in [-0.1, -0.05) is 18.2 Å². The van der Waals surface area contributed by atoms with Crippen molar-refractivity contribution in [2.24, 2.45) is 4.99 Å². The molecular formula is C17H16N2O2. The van der Waals surface area contributed by atoms with Crippen LogP contribution in [0.1, 0.15) is 27.6 Å².